The van der Waals surface area contributed by atoms with Gasteiger partial charge >= 0.3 is 6.18 Å². The Morgan fingerprint density at radius 2 is 2.00 bits per heavy atom. The molecule has 120 valence electrons. The molecule has 1 aromatic carbocycles. The van der Waals surface area contributed by atoms with E-state index in [0.29, 0.717) is 12.0 Å². The average molecular weight is 325 g/mol. The summed E-state index contributed by atoms with van der Waals surface area (Å²) in [6.45, 7) is 1.98. The van der Waals surface area contributed by atoms with Gasteiger partial charge in [-0.05, 0) is 31.0 Å². The van der Waals surface area contributed by atoms with Crippen molar-refractivity contribution < 1.29 is 26.3 Å². The minimum atomic E-state index is -4.41. The largest absolute Gasteiger partial charge is 0.484 e. The van der Waals surface area contributed by atoms with Crippen LogP contribution in [0.2, 0.25) is 0 Å². The van der Waals surface area contributed by atoms with Crippen molar-refractivity contribution in [3.05, 3.63) is 29.8 Å². The molecule has 8 heteroatoms. The molecule has 0 saturated heterocycles. The van der Waals surface area contributed by atoms with Gasteiger partial charge < -0.3 is 4.74 Å². The Morgan fingerprint density at radius 1 is 1.33 bits per heavy atom. The third-order valence-corrected chi connectivity index (χ3v) is 4.25. The smallest absolute Gasteiger partial charge is 0.422 e. The van der Waals surface area contributed by atoms with E-state index >= 15 is 0 Å². The van der Waals surface area contributed by atoms with Crippen molar-refractivity contribution in [2.24, 2.45) is 0 Å². The van der Waals surface area contributed by atoms with Crippen molar-refractivity contribution in [2.45, 2.75) is 32.5 Å². The van der Waals surface area contributed by atoms with Gasteiger partial charge in [-0.2, -0.15) is 13.2 Å². The van der Waals surface area contributed by atoms with Crippen molar-refractivity contribution in [3.63, 3.8) is 0 Å². The number of rotatable bonds is 7. The van der Waals surface area contributed by atoms with Crippen molar-refractivity contribution >= 4 is 10.0 Å². The molecule has 0 radical (unpaired) electrons. The van der Waals surface area contributed by atoms with Gasteiger partial charge in [-0.1, -0.05) is 19.1 Å². The summed E-state index contributed by atoms with van der Waals surface area (Å²) in [5.41, 5.74) is 0.536. The minimum absolute atomic E-state index is 0.00159. The first kappa shape index (κ1) is 17.8. The molecule has 0 fully saturated rings. The molecule has 4 nitrogen and oxygen atoms in total. The highest BCUT2D eigenvalue weighted by atomic mass is 32.2. The normalized spacial score (nSPS) is 14.0. The summed E-state index contributed by atoms with van der Waals surface area (Å²) in [6, 6.07) is 5.38. The molecular formula is C13H18F3NO3S. The second-order valence-corrected chi connectivity index (χ2v) is 6.51. The van der Waals surface area contributed by atoms with Crippen LogP contribution in [0.15, 0.2) is 24.3 Å². The number of nitrogens with one attached hydrogen (secondary N) is 1. The molecule has 0 saturated carbocycles. The number of hydrogen-bond acceptors (Lipinski definition) is 3. The van der Waals surface area contributed by atoms with Gasteiger partial charge in [-0.3, -0.25) is 0 Å². The zero-order valence-electron chi connectivity index (χ0n) is 11.8. The summed E-state index contributed by atoms with van der Waals surface area (Å²) in [4.78, 5) is 0. The Balaban J connectivity index is 2.75. The van der Waals surface area contributed by atoms with Crippen LogP contribution in [-0.4, -0.2) is 27.0 Å². The van der Waals surface area contributed by atoms with Gasteiger partial charge in [0.25, 0.3) is 0 Å². The summed E-state index contributed by atoms with van der Waals surface area (Å²) in [6.07, 6.45) is -3.93. The highest BCUT2D eigenvalue weighted by molar-refractivity contribution is 7.89. The molecule has 1 N–H and O–H groups in total. The van der Waals surface area contributed by atoms with Crippen LogP contribution in [0.25, 0.3) is 0 Å². The molecule has 0 amide bonds. The van der Waals surface area contributed by atoms with E-state index in [1.165, 1.54) is 18.2 Å². The summed E-state index contributed by atoms with van der Waals surface area (Å²) in [7, 11) is -3.40. The van der Waals surface area contributed by atoms with Crippen LogP contribution in [0.1, 0.15) is 31.9 Å². The van der Waals surface area contributed by atoms with Gasteiger partial charge in [0, 0.05) is 6.04 Å². The van der Waals surface area contributed by atoms with Gasteiger partial charge in [0.1, 0.15) is 5.75 Å². The van der Waals surface area contributed by atoms with Crippen LogP contribution < -0.4 is 9.46 Å². The van der Waals surface area contributed by atoms with Crippen LogP contribution in [0, 0.1) is 0 Å². The van der Waals surface area contributed by atoms with Crippen LogP contribution in [0.3, 0.4) is 0 Å². The number of halogens is 3. The molecule has 0 spiro atoms. The van der Waals surface area contributed by atoms with E-state index in [1.807, 2.05) is 0 Å². The van der Waals surface area contributed by atoms with Gasteiger partial charge in [0.2, 0.25) is 10.0 Å². The standard InChI is InChI=1S/C13H18F3NO3S/c1-3-7-21(18,19)17-10(2)11-5-4-6-12(8-11)20-9-13(14,15)16/h4-6,8,10,17H,3,7,9H2,1-2H3. The van der Waals surface area contributed by atoms with Gasteiger partial charge in [0.05, 0.1) is 5.75 Å². The number of alkyl halides is 3. The lowest BCUT2D eigenvalue weighted by molar-refractivity contribution is -0.153. The van der Waals surface area contributed by atoms with E-state index in [2.05, 4.69) is 9.46 Å². The Hall–Kier alpha value is -1.28. The van der Waals surface area contributed by atoms with E-state index < -0.39 is 28.8 Å². The van der Waals surface area contributed by atoms with Crippen LogP contribution >= 0.6 is 0 Å². The van der Waals surface area contributed by atoms with E-state index in [1.54, 1.807) is 19.9 Å². The number of sulfonamides is 1. The molecule has 21 heavy (non-hydrogen) atoms. The van der Waals surface area contributed by atoms with Gasteiger partial charge in [-0.15, -0.1) is 0 Å². The van der Waals surface area contributed by atoms with E-state index in [4.69, 9.17) is 0 Å². The Bertz CT molecular complexity index is 558. The van der Waals surface area contributed by atoms with Gasteiger partial charge in [0.15, 0.2) is 6.61 Å². The first-order valence-corrected chi connectivity index (χ1v) is 8.07. The number of benzene rings is 1. The fourth-order valence-electron chi connectivity index (χ4n) is 1.70. The fourth-order valence-corrected chi connectivity index (χ4v) is 3.03. The van der Waals surface area contributed by atoms with Crippen LogP contribution in [0.5, 0.6) is 5.75 Å². The zero-order chi connectivity index (χ0) is 16.1. The van der Waals surface area contributed by atoms with Gasteiger partial charge in [-0.25, -0.2) is 13.1 Å². The molecule has 1 atom stereocenters. The zero-order valence-corrected chi connectivity index (χ0v) is 12.6. The first-order valence-electron chi connectivity index (χ1n) is 6.42. The molecule has 0 bridgehead atoms. The van der Waals surface area contributed by atoms with Crippen LogP contribution in [0.4, 0.5) is 13.2 Å². The second-order valence-electron chi connectivity index (χ2n) is 4.63. The third-order valence-electron chi connectivity index (χ3n) is 2.59. The van der Waals surface area contributed by atoms with E-state index in [-0.39, 0.29) is 11.5 Å². The molecule has 1 unspecified atom stereocenters. The molecule has 1 aromatic rings. The lowest BCUT2D eigenvalue weighted by Gasteiger charge is -2.16. The lowest BCUT2D eigenvalue weighted by Crippen LogP contribution is -2.29. The third kappa shape index (κ3) is 6.81. The Labute approximate surface area is 122 Å². The summed E-state index contributed by atoms with van der Waals surface area (Å²) in [5.74, 6) is 0.0492. The molecular weight excluding hydrogens is 307 g/mol. The monoisotopic (exact) mass is 325 g/mol. The maximum atomic E-state index is 12.1. The maximum Gasteiger partial charge on any atom is 0.422 e. The first-order chi connectivity index (χ1) is 9.63. The highest BCUT2D eigenvalue weighted by Crippen LogP contribution is 2.22. The Kier molecular flexibility index (Phi) is 6.03. The van der Waals surface area contributed by atoms with Crippen molar-refractivity contribution in [1.82, 2.24) is 4.72 Å². The van der Waals surface area contributed by atoms with E-state index in [9.17, 15) is 21.6 Å². The minimum Gasteiger partial charge on any atom is -0.484 e. The lowest BCUT2D eigenvalue weighted by atomic mass is 10.1. The average Bonchev–Trinajstić information content (AvgIpc) is 2.35. The summed E-state index contributed by atoms with van der Waals surface area (Å²) >= 11 is 0. The molecule has 0 aliphatic heterocycles. The molecule has 0 aliphatic rings. The highest BCUT2D eigenvalue weighted by Gasteiger charge is 2.28. The second kappa shape index (κ2) is 7.13. The topological polar surface area (TPSA) is 55.4 Å². The Morgan fingerprint density at radius 3 is 2.57 bits per heavy atom. The predicted molar refractivity (Wildman–Crippen MR) is 73.6 cm³/mol. The van der Waals surface area contributed by atoms with Crippen molar-refractivity contribution in [2.75, 3.05) is 12.4 Å². The number of hydrogen-bond donors (Lipinski definition) is 1. The predicted octanol–water partition coefficient (Wildman–Crippen LogP) is 3.02. The summed E-state index contributed by atoms with van der Waals surface area (Å²) in [5, 5.41) is 0. The van der Waals surface area contributed by atoms with E-state index in [0.717, 1.165) is 0 Å². The molecule has 0 heterocycles. The SMILES string of the molecule is CCCS(=O)(=O)NC(C)c1cccc(OCC(F)(F)F)c1. The summed E-state index contributed by atoms with van der Waals surface area (Å²) < 4.78 is 66.7. The number of ether oxygens (including phenoxy) is 1. The maximum absolute atomic E-state index is 12.1. The van der Waals surface area contributed by atoms with Crippen molar-refractivity contribution in [1.29, 1.82) is 0 Å². The van der Waals surface area contributed by atoms with Crippen LogP contribution in [-0.2, 0) is 10.0 Å². The molecule has 0 aromatic heterocycles. The van der Waals surface area contributed by atoms with Crippen molar-refractivity contribution in [3.8, 4) is 5.75 Å². The molecule has 1 rings (SSSR count). The fraction of sp³-hybridized carbons (Fsp3) is 0.538. The molecule has 0 aliphatic carbocycles. The quantitative estimate of drug-likeness (QED) is 0.838.